The van der Waals surface area contributed by atoms with Gasteiger partial charge in [0.1, 0.15) is 5.82 Å². The Bertz CT molecular complexity index is 677. The summed E-state index contributed by atoms with van der Waals surface area (Å²) < 4.78 is 20.1. The van der Waals surface area contributed by atoms with Crippen molar-refractivity contribution < 1.29 is 13.9 Å². The molecule has 0 aromatic heterocycles. The summed E-state index contributed by atoms with van der Waals surface area (Å²) in [7, 11) is 0. The van der Waals surface area contributed by atoms with Crippen LogP contribution in [0.1, 0.15) is 37.8 Å². The molecule has 0 aliphatic carbocycles. The van der Waals surface area contributed by atoms with Crippen molar-refractivity contribution in [1.29, 1.82) is 0 Å². The molecule has 3 atom stereocenters. The molecule has 24 heavy (non-hydrogen) atoms. The van der Waals surface area contributed by atoms with Gasteiger partial charge in [0.25, 0.3) is 0 Å². The van der Waals surface area contributed by atoms with E-state index in [4.69, 9.17) is 4.74 Å². The zero-order valence-corrected chi connectivity index (χ0v) is 14.6. The van der Waals surface area contributed by atoms with Crippen LogP contribution in [0.25, 0.3) is 0 Å². The molecule has 130 valence electrons. The summed E-state index contributed by atoms with van der Waals surface area (Å²) in [6.07, 6.45) is 1.36. The van der Waals surface area contributed by atoms with Crippen molar-refractivity contribution in [2.45, 2.75) is 58.0 Å². The summed E-state index contributed by atoms with van der Waals surface area (Å²) in [5.74, 6) is 0.436. The average Bonchev–Trinajstić information content (AvgIpc) is 3.15. The van der Waals surface area contributed by atoms with Gasteiger partial charge in [0.05, 0.1) is 18.7 Å². The van der Waals surface area contributed by atoms with Crippen molar-refractivity contribution in [3.63, 3.8) is 0 Å². The lowest BCUT2D eigenvalue weighted by atomic mass is 10.0. The molecular weight excluding hydrogens is 307 g/mol. The SMILES string of the molecule is Cc1c(F)cccc1CN1CC[C@@]23OC[C@@H](C(C)C)N2C(=O)C[C@@H]13. The number of halogens is 1. The molecule has 3 aliphatic rings. The summed E-state index contributed by atoms with van der Waals surface area (Å²) >= 11 is 0. The number of hydrogen-bond acceptors (Lipinski definition) is 3. The molecule has 0 N–H and O–H groups in total. The maximum atomic E-state index is 13.8. The molecule has 0 bridgehead atoms. The van der Waals surface area contributed by atoms with Gasteiger partial charge in [0.15, 0.2) is 5.72 Å². The number of ether oxygens (including phenoxy) is 1. The standard InChI is InChI=1S/C19H25FN2O2/c1-12(2)16-11-24-19-7-8-21(17(19)9-18(23)22(16)19)10-14-5-4-6-15(20)13(14)3/h4-6,12,16-17H,7-11H2,1-3H3/t16-,17+,19-/m0/s1. The van der Waals surface area contributed by atoms with Crippen LogP contribution >= 0.6 is 0 Å². The number of benzene rings is 1. The molecule has 0 radical (unpaired) electrons. The second-order valence-electron chi connectivity index (χ2n) is 7.70. The van der Waals surface area contributed by atoms with E-state index in [1.165, 1.54) is 6.07 Å². The Hall–Kier alpha value is -1.46. The largest absolute Gasteiger partial charge is 0.352 e. The number of rotatable bonds is 3. The molecule has 4 nitrogen and oxygen atoms in total. The number of carbonyl (C=O) groups excluding carboxylic acids is 1. The van der Waals surface area contributed by atoms with Crippen LogP contribution in [-0.4, -0.2) is 46.7 Å². The van der Waals surface area contributed by atoms with E-state index in [0.717, 1.165) is 18.5 Å². The fourth-order valence-corrected chi connectivity index (χ4v) is 4.69. The minimum Gasteiger partial charge on any atom is -0.352 e. The Labute approximate surface area is 142 Å². The Balaban J connectivity index is 1.60. The first kappa shape index (κ1) is 16.0. The highest BCUT2D eigenvalue weighted by Crippen LogP contribution is 2.49. The molecular formula is C19H25FN2O2. The summed E-state index contributed by atoms with van der Waals surface area (Å²) in [6.45, 7) is 8.31. The summed E-state index contributed by atoms with van der Waals surface area (Å²) in [5.41, 5.74) is 1.25. The predicted molar refractivity (Wildman–Crippen MR) is 88.7 cm³/mol. The smallest absolute Gasteiger partial charge is 0.226 e. The molecule has 3 fully saturated rings. The summed E-state index contributed by atoms with van der Waals surface area (Å²) in [6, 6.07) is 5.49. The normalized spacial score (nSPS) is 32.7. The molecule has 5 heteroatoms. The van der Waals surface area contributed by atoms with E-state index in [1.54, 1.807) is 6.07 Å². The van der Waals surface area contributed by atoms with Crippen molar-refractivity contribution in [3.8, 4) is 0 Å². The van der Waals surface area contributed by atoms with Gasteiger partial charge >= 0.3 is 0 Å². The Morgan fingerprint density at radius 1 is 1.42 bits per heavy atom. The molecule has 1 amide bonds. The minimum atomic E-state index is -0.451. The van der Waals surface area contributed by atoms with Gasteiger partial charge in [-0.2, -0.15) is 0 Å². The van der Waals surface area contributed by atoms with E-state index in [0.29, 0.717) is 31.1 Å². The first-order chi connectivity index (χ1) is 11.4. The molecule has 0 saturated carbocycles. The van der Waals surface area contributed by atoms with Gasteiger partial charge in [-0.25, -0.2) is 4.39 Å². The molecule has 1 spiro atoms. The maximum absolute atomic E-state index is 13.8. The predicted octanol–water partition coefficient (Wildman–Crippen LogP) is 2.69. The lowest BCUT2D eigenvalue weighted by molar-refractivity contribution is -0.139. The van der Waals surface area contributed by atoms with E-state index >= 15 is 0 Å². The molecule has 1 aromatic carbocycles. The van der Waals surface area contributed by atoms with E-state index in [2.05, 4.69) is 18.7 Å². The molecule has 0 unspecified atom stereocenters. The second kappa shape index (κ2) is 5.53. The van der Waals surface area contributed by atoms with Crippen molar-refractivity contribution in [1.82, 2.24) is 9.80 Å². The van der Waals surface area contributed by atoms with Crippen LogP contribution < -0.4 is 0 Å². The number of nitrogens with zero attached hydrogens (tertiary/aromatic N) is 2. The summed E-state index contributed by atoms with van der Waals surface area (Å²) in [5, 5.41) is 0. The first-order valence-electron chi connectivity index (χ1n) is 8.88. The van der Waals surface area contributed by atoms with Crippen molar-refractivity contribution >= 4 is 5.91 Å². The minimum absolute atomic E-state index is 0.0800. The average molecular weight is 332 g/mol. The van der Waals surface area contributed by atoms with Crippen LogP contribution in [0.5, 0.6) is 0 Å². The first-order valence-corrected chi connectivity index (χ1v) is 8.88. The molecule has 3 heterocycles. The number of amides is 1. The van der Waals surface area contributed by atoms with Crippen LogP contribution in [0.2, 0.25) is 0 Å². The van der Waals surface area contributed by atoms with Gasteiger partial charge in [0, 0.05) is 25.9 Å². The topological polar surface area (TPSA) is 32.8 Å². The molecule has 3 saturated heterocycles. The number of hydrogen-bond donors (Lipinski definition) is 0. The fraction of sp³-hybridized carbons (Fsp3) is 0.632. The van der Waals surface area contributed by atoms with Crippen molar-refractivity contribution in [3.05, 3.63) is 35.1 Å². The monoisotopic (exact) mass is 332 g/mol. The Morgan fingerprint density at radius 3 is 2.96 bits per heavy atom. The number of carbonyl (C=O) groups is 1. The van der Waals surface area contributed by atoms with E-state index in [9.17, 15) is 9.18 Å². The third-order valence-electron chi connectivity index (χ3n) is 6.12. The maximum Gasteiger partial charge on any atom is 0.226 e. The Morgan fingerprint density at radius 2 is 2.21 bits per heavy atom. The quantitative estimate of drug-likeness (QED) is 0.853. The van der Waals surface area contributed by atoms with Gasteiger partial charge in [-0.05, 0) is 30.0 Å². The number of likely N-dealkylation sites (tertiary alicyclic amines) is 1. The van der Waals surface area contributed by atoms with Gasteiger partial charge < -0.3 is 9.64 Å². The highest BCUT2D eigenvalue weighted by Gasteiger charge is 2.64. The van der Waals surface area contributed by atoms with Crippen LogP contribution in [0.15, 0.2) is 18.2 Å². The second-order valence-corrected chi connectivity index (χ2v) is 7.70. The zero-order chi connectivity index (χ0) is 17.1. The molecule has 1 aromatic rings. The van der Waals surface area contributed by atoms with E-state index in [-0.39, 0.29) is 23.8 Å². The Kier molecular flexibility index (Phi) is 3.69. The highest BCUT2D eigenvalue weighted by atomic mass is 19.1. The van der Waals surface area contributed by atoms with Crippen molar-refractivity contribution in [2.75, 3.05) is 13.2 Å². The van der Waals surface area contributed by atoms with Gasteiger partial charge in [-0.1, -0.05) is 26.0 Å². The lowest BCUT2D eigenvalue weighted by Crippen LogP contribution is -2.50. The van der Waals surface area contributed by atoms with Gasteiger partial charge in [-0.15, -0.1) is 0 Å². The molecule has 3 aliphatic heterocycles. The third-order valence-corrected chi connectivity index (χ3v) is 6.12. The van der Waals surface area contributed by atoms with Crippen LogP contribution in [0.4, 0.5) is 4.39 Å². The van der Waals surface area contributed by atoms with Crippen LogP contribution in [-0.2, 0) is 16.1 Å². The van der Waals surface area contributed by atoms with Crippen LogP contribution in [0.3, 0.4) is 0 Å². The van der Waals surface area contributed by atoms with Crippen LogP contribution in [0, 0.1) is 18.7 Å². The van der Waals surface area contributed by atoms with Crippen molar-refractivity contribution in [2.24, 2.45) is 5.92 Å². The molecule has 4 rings (SSSR count). The summed E-state index contributed by atoms with van der Waals surface area (Å²) in [4.78, 5) is 17.0. The van der Waals surface area contributed by atoms with Gasteiger partial charge in [-0.3, -0.25) is 9.69 Å². The lowest BCUT2D eigenvalue weighted by Gasteiger charge is -2.34. The van der Waals surface area contributed by atoms with E-state index < -0.39 is 5.72 Å². The zero-order valence-electron chi connectivity index (χ0n) is 14.6. The highest BCUT2D eigenvalue weighted by molar-refractivity contribution is 5.82. The van der Waals surface area contributed by atoms with E-state index in [1.807, 2.05) is 17.9 Å². The van der Waals surface area contributed by atoms with Gasteiger partial charge in [0.2, 0.25) is 5.91 Å². The third kappa shape index (κ3) is 2.14. The fourth-order valence-electron chi connectivity index (χ4n) is 4.69.